The molecule has 0 saturated carbocycles. The molecule has 2 heteroatoms. The van der Waals surface area contributed by atoms with Crippen LogP contribution in [-0.2, 0) is 6.42 Å². The van der Waals surface area contributed by atoms with E-state index in [9.17, 15) is 4.79 Å². The summed E-state index contributed by atoms with van der Waals surface area (Å²) in [5.74, 6) is 0.549. The molecule has 0 bridgehead atoms. The van der Waals surface area contributed by atoms with Crippen LogP contribution >= 0.6 is 0 Å². The van der Waals surface area contributed by atoms with Gasteiger partial charge in [0.2, 0.25) is 0 Å². The summed E-state index contributed by atoms with van der Waals surface area (Å²) in [6, 6.07) is 5.82. The third kappa shape index (κ3) is 2.26. The predicted octanol–water partition coefficient (Wildman–Crippen LogP) is 3.34. The molecule has 0 aliphatic rings. The van der Waals surface area contributed by atoms with Gasteiger partial charge < -0.3 is 4.98 Å². The SMILES string of the molecule is Cc1ccc(C)c2c(=O)cc(CC(C)C)[nH]c12. The van der Waals surface area contributed by atoms with Gasteiger partial charge in [0.05, 0.1) is 5.52 Å². The Hall–Kier alpha value is -1.57. The molecule has 2 rings (SSSR count). The lowest BCUT2D eigenvalue weighted by Crippen LogP contribution is -2.09. The zero-order valence-electron chi connectivity index (χ0n) is 10.9. The van der Waals surface area contributed by atoms with Gasteiger partial charge in [0.15, 0.2) is 5.43 Å². The van der Waals surface area contributed by atoms with Crippen molar-refractivity contribution in [3.05, 3.63) is 45.2 Å². The lowest BCUT2D eigenvalue weighted by molar-refractivity contribution is 0.636. The van der Waals surface area contributed by atoms with Gasteiger partial charge in [0.25, 0.3) is 0 Å². The quantitative estimate of drug-likeness (QED) is 0.841. The fourth-order valence-electron chi connectivity index (χ4n) is 2.27. The largest absolute Gasteiger partial charge is 0.358 e. The number of H-pyrrole nitrogens is 1. The highest BCUT2D eigenvalue weighted by Gasteiger charge is 2.07. The molecule has 0 radical (unpaired) electrons. The van der Waals surface area contributed by atoms with Crippen molar-refractivity contribution in [2.45, 2.75) is 34.1 Å². The number of hydrogen-bond donors (Lipinski definition) is 1. The number of pyridine rings is 1. The van der Waals surface area contributed by atoms with Gasteiger partial charge in [-0.25, -0.2) is 0 Å². The molecule has 1 heterocycles. The van der Waals surface area contributed by atoms with Crippen LogP contribution in [0.25, 0.3) is 10.9 Å². The van der Waals surface area contributed by atoms with Crippen molar-refractivity contribution in [3.8, 4) is 0 Å². The maximum absolute atomic E-state index is 12.1. The highest BCUT2D eigenvalue weighted by molar-refractivity contribution is 5.84. The number of fused-ring (bicyclic) bond motifs is 1. The maximum atomic E-state index is 12.1. The molecule has 0 unspecified atom stereocenters. The Morgan fingerprint density at radius 3 is 2.47 bits per heavy atom. The average Bonchev–Trinajstić information content (AvgIpc) is 2.22. The summed E-state index contributed by atoms with van der Waals surface area (Å²) >= 11 is 0. The summed E-state index contributed by atoms with van der Waals surface area (Å²) in [5, 5.41) is 0.831. The lowest BCUT2D eigenvalue weighted by Gasteiger charge is -2.10. The molecule has 0 aliphatic heterocycles. The van der Waals surface area contributed by atoms with Gasteiger partial charge in [0, 0.05) is 17.1 Å². The van der Waals surface area contributed by atoms with E-state index in [0.717, 1.165) is 34.1 Å². The van der Waals surface area contributed by atoms with Gasteiger partial charge in [-0.05, 0) is 37.3 Å². The first-order valence-electron chi connectivity index (χ1n) is 6.11. The van der Waals surface area contributed by atoms with Gasteiger partial charge in [-0.1, -0.05) is 26.0 Å². The van der Waals surface area contributed by atoms with E-state index < -0.39 is 0 Å². The Morgan fingerprint density at radius 1 is 1.18 bits per heavy atom. The van der Waals surface area contributed by atoms with Crippen molar-refractivity contribution in [2.75, 3.05) is 0 Å². The summed E-state index contributed by atoms with van der Waals surface area (Å²) in [7, 11) is 0. The van der Waals surface area contributed by atoms with Crippen LogP contribution in [0.2, 0.25) is 0 Å². The van der Waals surface area contributed by atoms with Gasteiger partial charge >= 0.3 is 0 Å². The Balaban J connectivity index is 2.73. The van der Waals surface area contributed by atoms with E-state index in [4.69, 9.17) is 0 Å². The zero-order valence-corrected chi connectivity index (χ0v) is 10.9. The number of nitrogens with one attached hydrogen (secondary N) is 1. The second-order valence-electron chi connectivity index (χ2n) is 5.21. The molecule has 1 N–H and O–H groups in total. The number of benzene rings is 1. The molecule has 17 heavy (non-hydrogen) atoms. The van der Waals surface area contributed by atoms with Crippen molar-refractivity contribution in [2.24, 2.45) is 5.92 Å². The summed E-state index contributed by atoms with van der Waals surface area (Å²) in [4.78, 5) is 15.5. The molecule has 90 valence electrons. The number of aryl methyl sites for hydroxylation is 2. The van der Waals surface area contributed by atoms with Crippen molar-refractivity contribution in [1.82, 2.24) is 4.98 Å². The monoisotopic (exact) mass is 229 g/mol. The summed E-state index contributed by atoms with van der Waals surface area (Å²) < 4.78 is 0. The standard InChI is InChI=1S/C15H19NO/c1-9(2)7-12-8-13(17)14-10(3)5-6-11(4)15(14)16-12/h5-6,8-9H,7H2,1-4H3,(H,16,17). The number of hydrogen-bond acceptors (Lipinski definition) is 1. The minimum atomic E-state index is 0.135. The molecule has 0 saturated heterocycles. The van der Waals surface area contributed by atoms with Crippen LogP contribution in [0.4, 0.5) is 0 Å². The molecule has 0 spiro atoms. The first kappa shape index (κ1) is 11.9. The number of aromatic amines is 1. The van der Waals surface area contributed by atoms with Gasteiger partial charge in [-0.3, -0.25) is 4.79 Å². The predicted molar refractivity (Wildman–Crippen MR) is 72.6 cm³/mol. The van der Waals surface area contributed by atoms with Crippen LogP contribution in [0, 0.1) is 19.8 Å². The number of aromatic nitrogens is 1. The molecule has 2 nitrogen and oxygen atoms in total. The van der Waals surface area contributed by atoms with E-state index in [1.54, 1.807) is 6.07 Å². The molecule has 0 aliphatic carbocycles. The Bertz CT molecular complexity index is 608. The van der Waals surface area contributed by atoms with Crippen LogP contribution in [0.3, 0.4) is 0 Å². The van der Waals surface area contributed by atoms with E-state index >= 15 is 0 Å². The normalized spacial score (nSPS) is 11.4. The third-order valence-corrected chi connectivity index (χ3v) is 3.09. The van der Waals surface area contributed by atoms with Crippen LogP contribution in [-0.4, -0.2) is 4.98 Å². The maximum Gasteiger partial charge on any atom is 0.189 e. The van der Waals surface area contributed by atoms with Crippen molar-refractivity contribution < 1.29 is 0 Å². The fourth-order valence-corrected chi connectivity index (χ4v) is 2.27. The minimum absolute atomic E-state index is 0.135. The smallest absolute Gasteiger partial charge is 0.189 e. The first-order chi connectivity index (χ1) is 7.99. The molecule has 1 aromatic heterocycles. The molecule has 2 aromatic rings. The summed E-state index contributed by atoms with van der Waals surface area (Å²) in [6.07, 6.45) is 0.915. The van der Waals surface area contributed by atoms with E-state index in [2.05, 4.69) is 24.9 Å². The van der Waals surface area contributed by atoms with Crippen LogP contribution in [0.5, 0.6) is 0 Å². The second-order valence-corrected chi connectivity index (χ2v) is 5.21. The first-order valence-corrected chi connectivity index (χ1v) is 6.11. The second kappa shape index (κ2) is 4.36. The van der Waals surface area contributed by atoms with Crippen LogP contribution in [0.1, 0.15) is 30.7 Å². The van der Waals surface area contributed by atoms with Gasteiger partial charge in [-0.2, -0.15) is 0 Å². The van der Waals surface area contributed by atoms with E-state index in [-0.39, 0.29) is 5.43 Å². The summed E-state index contributed by atoms with van der Waals surface area (Å²) in [6.45, 7) is 8.34. The molecule has 1 aromatic carbocycles. The molecule has 0 amide bonds. The van der Waals surface area contributed by atoms with E-state index in [1.165, 1.54) is 0 Å². The lowest BCUT2D eigenvalue weighted by atomic mass is 10.0. The van der Waals surface area contributed by atoms with Crippen molar-refractivity contribution in [1.29, 1.82) is 0 Å². The highest BCUT2D eigenvalue weighted by Crippen LogP contribution is 2.18. The average molecular weight is 229 g/mol. The topological polar surface area (TPSA) is 32.9 Å². The Kier molecular flexibility index (Phi) is 3.05. The summed E-state index contributed by atoms with van der Waals surface area (Å²) in [5.41, 5.74) is 4.34. The molecule has 0 fully saturated rings. The van der Waals surface area contributed by atoms with Gasteiger partial charge in [-0.15, -0.1) is 0 Å². The van der Waals surface area contributed by atoms with Crippen LogP contribution < -0.4 is 5.43 Å². The molecule has 0 atom stereocenters. The highest BCUT2D eigenvalue weighted by atomic mass is 16.1. The number of rotatable bonds is 2. The van der Waals surface area contributed by atoms with Crippen molar-refractivity contribution in [3.63, 3.8) is 0 Å². The Morgan fingerprint density at radius 2 is 1.82 bits per heavy atom. The van der Waals surface area contributed by atoms with E-state index in [0.29, 0.717) is 5.92 Å². The fraction of sp³-hybridized carbons (Fsp3) is 0.400. The van der Waals surface area contributed by atoms with Gasteiger partial charge in [0.1, 0.15) is 0 Å². The minimum Gasteiger partial charge on any atom is -0.358 e. The zero-order chi connectivity index (χ0) is 12.6. The third-order valence-electron chi connectivity index (χ3n) is 3.09. The molecular weight excluding hydrogens is 210 g/mol. The van der Waals surface area contributed by atoms with Crippen molar-refractivity contribution >= 4 is 10.9 Å². The van der Waals surface area contributed by atoms with E-state index in [1.807, 2.05) is 19.9 Å². The molecular formula is C15H19NO. The Labute approximate surface area is 102 Å². The van der Waals surface area contributed by atoms with Crippen LogP contribution in [0.15, 0.2) is 23.0 Å².